The molecule has 0 spiro atoms. The molecule has 0 fully saturated rings. The van der Waals surface area contributed by atoms with E-state index in [2.05, 4.69) is 5.32 Å². The van der Waals surface area contributed by atoms with Crippen LogP contribution in [0.1, 0.15) is 18.5 Å². The summed E-state index contributed by atoms with van der Waals surface area (Å²) in [4.78, 5) is 0. The van der Waals surface area contributed by atoms with E-state index < -0.39 is 6.04 Å². The standard InChI is InChI=1S/C11H17NO4/c1-7(12-8(5-13)6-14)10-3-2-9(15)4-11(10)16/h2-4,7-8,12-16H,5-6H2,1H3. The van der Waals surface area contributed by atoms with Crippen molar-refractivity contribution in [2.45, 2.75) is 19.0 Å². The molecular weight excluding hydrogens is 210 g/mol. The van der Waals surface area contributed by atoms with Crippen molar-refractivity contribution in [3.05, 3.63) is 23.8 Å². The molecule has 16 heavy (non-hydrogen) atoms. The minimum Gasteiger partial charge on any atom is -0.508 e. The van der Waals surface area contributed by atoms with E-state index in [1.807, 2.05) is 0 Å². The number of hydrogen-bond donors (Lipinski definition) is 5. The number of phenols is 2. The first-order chi connectivity index (χ1) is 7.58. The summed E-state index contributed by atoms with van der Waals surface area (Å²) in [6.07, 6.45) is 0. The highest BCUT2D eigenvalue weighted by Crippen LogP contribution is 2.27. The second-order valence-electron chi connectivity index (χ2n) is 3.69. The summed E-state index contributed by atoms with van der Waals surface area (Å²) in [7, 11) is 0. The maximum Gasteiger partial charge on any atom is 0.124 e. The second kappa shape index (κ2) is 5.69. The third-order valence-corrected chi connectivity index (χ3v) is 2.41. The molecule has 5 heteroatoms. The van der Waals surface area contributed by atoms with E-state index in [1.165, 1.54) is 12.1 Å². The number of phenolic OH excluding ortho intramolecular Hbond substituents is 2. The second-order valence-corrected chi connectivity index (χ2v) is 3.69. The molecule has 0 saturated heterocycles. The van der Waals surface area contributed by atoms with Gasteiger partial charge in [-0.05, 0) is 13.0 Å². The van der Waals surface area contributed by atoms with E-state index in [0.717, 1.165) is 0 Å². The van der Waals surface area contributed by atoms with E-state index in [0.29, 0.717) is 5.56 Å². The lowest BCUT2D eigenvalue weighted by Gasteiger charge is -2.21. The van der Waals surface area contributed by atoms with Crippen LogP contribution >= 0.6 is 0 Å². The molecule has 1 aromatic carbocycles. The zero-order valence-electron chi connectivity index (χ0n) is 9.09. The van der Waals surface area contributed by atoms with Gasteiger partial charge in [-0.2, -0.15) is 0 Å². The molecule has 0 radical (unpaired) electrons. The van der Waals surface area contributed by atoms with Crippen LogP contribution < -0.4 is 5.32 Å². The minimum atomic E-state index is -0.428. The Kier molecular flexibility index (Phi) is 4.54. The van der Waals surface area contributed by atoms with Crippen LogP contribution in [0.15, 0.2) is 18.2 Å². The third-order valence-electron chi connectivity index (χ3n) is 2.41. The SMILES string of the molecule is CC(NC(CO)CO)c1ccc(O)cc1O. The van der Waals surface area contributed by atoms with Gasteiger partial charge < -0.3 is 25.7 Å². The first-order valence-electron chi connectivity index (χ1n) is 5.08. The highest BCUT2D eigenvalue weighted by Gasteiger charge is 2.14. The molecule has 0 amide bonds. The van der Waals surface area contributed by atoms with Crippen LogP contribution in [0.5, 0.6) is 11.5 Å². The summed E-state index contributed by atoms with van der Waals surface area (Å²) >= 11 is 0. The molecule has 0 aliphatic rings. The fourth-order valence-corrected chi connectivity index (χ4v) is 1.50. The number of aliphatic hydroxyl groups excluding tert-OH is 2. The van der Waals surface area contributed by atoms with Crippen LogP contribution in [0.4, 0.5) is 0 Å². The van der Waals surface area contributed by atoms with Crippen molar-refractivity contribution in [1.82, 2.24) is 5.32 Å². The number of aromatic hydroxyl groups is 2. The molecular formula is C11H17NO4. The number of nitrogens with one attached hydrogen (secondary N) is 1. The van der Waals surface area contributed by atoms with Gasteiger partial charge in [0, 0.05) is 17.7 Å². The summed E-state index contributed by atoms with van der Waals surface area (Å²) < 4.78 is 0. The topological polar surface area (TPSA) is 93.0 Å². The predicted molar refractivity (Wildman–Crippen MR) is 59.3 cm³/mol. The Hall–Kier alpha value is -1.30. The predicted octanol–water partition coefficient (Wildman–Crippen LogP) is 0.102. The molecule has 5 N–H and O–H groups in total. The first kappa shape index (κ1) is 12.8. The smallest absolute Gasteiger partial charge is 0.124 e. The average Bonchev–Trinajstić information content (AvgIpc) is 2.25. The van der Waals surface area contributed by atoms with E-state index in [4.69, 9.17) is 15.3 Å². The lowest BCUT2D eigenvalue weighted by Crippen LogP contribution is -2.37. The Bertz CT molecular complexity index is 339. The Labute approximate surface area is 94.0 Å². The Morgan fingerprint density at radius 1 is 1.19 bits per heavy atom. The molecule has 1 rings (SSSR count). The van der Waals surface area contributed by atoms with Gasteiger partial charge >= 0.3 is 0 Å². The van der Waals surface area contributed by atoms with Crippen molar-refractivity contribution in [2.24, 2.45) is 0 Å². The normalized spacial score (nSPS) is 13.0. The minimum absolute atomic E-state index is 0.00526. The summed E-state index contributed by atoms with van der Waals surface area (Å²) in [6, 6.07) is 3.66. The highest BCUT2D eigenvalue weighted by molar-refractivity contribution is 5.40. The molecule has 0 aliphatic carbocycles. The zero-order valence-corrected chi connectivity index (χ0v) is 9.09. The number of rotatable bonds is 5. The van der Waals surface area contributed by atoms with Gasteiger partial charge in [0.15, 0.2) is 0 Å². The monoisotopic (exact) mass is 227 g/mol. The quantitative estimate of drug-likeness (QED) is 0.492. The maximum atomic E-state index is 9.60. The van der Waals surface area contributed by atoms with Crippen LogP contribution in [-0.4, -0.2) is 39.7 Å². The van der Waals surface area contributed by atoms with Gasteiger partial charge in [0.2, 0.25) is 0 Å². The van der Waals surface area contributed by atoms with Crippen molar-refractivity contribution in [3.8, 4) is 11.5 Å². The van der Waals surface area contributed by atoms with Crippen LogP contribution in [0.2, 0.25) is 0 Å². The fraction of sp³-hybridized carbons (Fsp3) is 0.455. The van der Waals surface area contributed by atoms with E-state index in [1.54, 1.807) is 13.0 Å². The summed E-state index contributed by atoms with van der Waals surface area (Å²) in [5, 5.41) is 39.5. The Balaban J connectivity index is 2.76. The Morgan fingerprint density at radius 3 is 2.31 bits per heavy atom. The lowest BCUT2D eigenvalue weighted by atomic mass is 10.1. The molecule has 5 nitrogen and oxygen atoms in total. The number of benzene rings is 1. The van der Waals surface area contributed by atoms with E-state index in [-0.39, 0.29) is 30.8 Å². The third kappa shape index (κ3) is 3.10. The van der Waals surface area contributed by atoms with Gasteiger partial charge in [-0.1, -0.05) is 6.07 Å². The van der Waals surface area contributed by atoms with Crippen molar-refractivity contribution < 1.29 is 20.4 Å². The molecule has 90 valence electrons. The van der Waals surface area contributed by atoms with Gasteiger partial charge in [-0.25, -0.2) is 0 Å². The van der Waals surface area contributed by atoms with Crippen LogP contribution in [0.3, 0.4) is 0 Å². The van der Waals surface area contributed by atoms with Crippen molar-refractivity contribution in [3.63, 3.8) is 0 Å². The summed E-state index contributed by atoms with van der Waals surface area (Å²) in [5.74, 6) is -0.0241. The molecule has 0 aromatic heterocycles. The van der Waals surface area contributed by atoms with E-state index >= 15 is 0 Å². The van der Waals surface area contributed by atoms with Gasteiger partial charge in [0.05, 0.1) is 19.3 Å². The van der Waals surface area contributed by atoms with Crippen LogP contribution in [-0.2, 0) is 0 Å². The fourth-order valence-electron chi connectivity index (χ4n) is 1.50. The van der Waals surface area contributed by atoms with Gasteiger partial charge in [0.25, 0.3) is 0 Å². The lowest BCUT2D eigenvalue weighted by molar-refractivity contribution is 0.163. The van der Waals surface area contributed by atoms with E-state index in [9.17, 15) is 5.11 Å². The molecule has 1 atom stereocenters. The number of aliphatic hydroxyl groups is 2. The van der Waals surface area contributed by atoms with Gasteiger partial charge in [-0.3, -0.25) is 0 Å². The molecule has 0 bridgehead atoms. The maximum absolute atomic E-state index is 9.60. The van der Waals surface area contributed by atoms with Crippen molar-refractivity contribution in [1.29, 1.82) is 0 Å². The van der Waals surface area contributed by atoms with Crippen molar-refractivity contribution in [2.75, 3.05) is 13.2 Å². The molecule has 0 aliphatic heterocycles. The van der Waals surface area contributed by atoms with Crippen LogP contribution in [0.25, 0.3) is 0 Å². The van der Waals surface area contributed by atoms with Gasteiger partial charge in [-0.15, -0.1) is 0 Å². The summed E-state index contributed by atoms with van der Waals surface area (Å²) in [5.41, 5.74) is 0.602. The highest BCUT2D eigenvalue weighted by atomic mass is 16.3. The molecule has 0 heterocycles. The van der Waals surface area contributed by atoms with Crippen molar-refractivity contribution >= 4 is 0 Å². The molecule has 1 aromatic rings. The zero-order chi connectivity index (χ0) is 12.1. The number of hydrogen-bond acceptors (Lipinski definition) is 5. The first-order valence-corrected chi connectivity index (χ1v) is 5.08. The average molecular weight is 227 g/mol. The Morgan fingerprint density at radius 2 is 1.81 bits per heavy atom. The van der Waals surface area contributed by atoms with Crippen LogP contribution in [0, 0.1) is 0 Å². The molecule has 0 saturated carbocycles. The molecule has 1 unspecified atom stereocenters. The summed E-state index contributed by atoms with van der Waals surface area (Å²) in [6.45, 7) is 1.43. The largest absolute Gasteiger partial charge is 0.508 e. The van der Waals surface area contributed by atoms with Gasteiger partial charge in [0.1, 0.15) is 11.5 Å².